The first-order valence-electron chi connectivity index (χ1n) is 3.82. The lowest BCUT2D eigenvalue weighted by Gasteiger charge is -2.01. The van der Waals surface area contributed by atoms with Crippen molar-refractivity contribution < 1.29 is 9.53 Å². The summed E-state index contributed by atoms with van der Waals surface area (Å²) in [7, 11) is 0. The first kappa shape index (κ1) is 9.27. The molecule has 0 N–H and O–H groups in total. The van der Waals surface area contributed by atoms with Crippen molar-refractivity contribution in [2.45, 2.75) is 13.5 Å². The summed E-state index contributed by atoms with van der Waals surface area (Å²) < 4.78 is 4.79. The first-order valence-corrected chi connectivity index (χ1v) is 3.82. The van der Waals surface area contributed by atoms with Crippen LogP contribution in [-0.4, -0.2) is 5.97 Å². The Labute approximate surface area is 76.8 Å². The van der Waals surface area contributed by atoms with E-state index in [9.17, 15) is 4.79 Å². The minimum Gasteiger partial charge on any atom is -0.461 e. The Kier molecular flexibility index (Phi) is 3.04. The van der Waals surface area contributed by atoms with Gasteiger partial charge in [0.25, 0.3) is 0 Å². The van der Waals surface area contributed by atoms with Crippen LogP contribution >= 0.6 is 0 Å². The molecule has 1 rings (SSSR count). The molecule has 0 aromatic heterocycles. The molecule has 0 aliphatic carbocycles. The lowest BCUT2D eigenvalue weighted by molar-refractivity contribution is -0.142. The van der Waals surface area contributed by atoms with Gasteiger partial charge < -0.3 is 4.74 Å². The van der Waals surface area contributed by atoms with E-state index < -0.39 is 0 Å². The second-order valence-electron chi connectivity index (χ2n) is 2.56. The van der Waals surface area contributed by atoms with Gasteiger partial charge in [-0.15, -0.1) is 0 Å². The van der Waals surface area contributed by atoms with Gasteiger partial charge in [0.1, 0.15) is 6.61 Å². The van der Waals surface area contributed by atoms with Gasteiger partial charge in [0, 0.05) is 6.92 Å². The number of nitrogens with zero attached hydrogens (tertiary/aromatic N) is 1. The molecule has 0 saturated carbocycles. The fourth-order valence-corrected chi connectivity index (χ4v) is 0.852. The summed E-state index contributed by atoms with van der Waals surface area (Å²) in [5.74, 6) is -0.297. The van der Waals surface area contributed by atoms with Crippen LogP contribution in [0.5, 0.6) is 0 Å². The molecule has 0 heterocycles. The maximum atomic E-state index is 10.5. The molecule has 0 atom stereocenters. The molecule has 0 fully saturated rings. The summed E-state index contributed by atoms with van der Waals surface area (Å²) >= 11 is 0. The summed E-state index contributed by atoms with van der Waals surface area (Å²) in [6, 6.07) is 6.95. The fourth-order valence-electron chi connectivity index (χ4n) is 0.852. The molecule has 0 amide bonds. The van der Waals surface area contributed by atoms with Crippen LogP contribution in [0.4, 0.5) is 5.69 Å². The van der Waals surface area contributed by atoms with Crippen molar-refractivity contribution in [3.05, 3.63) is 41.2 Å². The third-order valence-corrected chi connectivity index (χ3v) is 1.51. The van der Waals surface area contributed by atoms with Gasteiger partial charge >= 0.3 is 5.97 Å². The maximum absolute atomic E-state index is 10.5. The Morgan fingerprint density at radius 2 is 2.08 bits per heavy atom. The normalized spacial score (nSPS) is 8.92. The molecule has 3 heteroatoms. The summed E-state index contributed by atoms with van der Waals surface area (Å²) in [5, 5.41) is 0. The zero-order valence-electron chi connectivity index (χ0n) is 7.28. The topological polar surface area (TPSA) is 30.7 Å². The van der Waals surface area contributed by atoms with Crippen LogP contribution in [0.25, 0.3) is 4.85 Å². The van der Waals surface area contributed by atoms with Gasteiger partial charge in [0.2, 0.25) is 0 Å². The van der Waals surface area contributed by atoms with Crippen molar-refractivity contribution >= 4 is 11.7 Å². The van der Waals surface area contributed by atoms with Crippen molar-refractivity contribution in [3.63, 3.8) is 0 Å². The first-order chi connectivity index (χ1) is 6.22. The predicted octanol–water partition coefficient (Wildman–Crippen LogP) is 2.30. The van der Waals surface area contributed by atoms with Gasteiger partial charge in [0.15, 0.2) is 5.69 Å². The van der Waals surface area contributed by atoms with Crippen molar-refractivity contribution in [2.24, 2.45) is 0 Å². The van der Waals surface area contributed by atoms with Gasteiger partial charge in [-0.1, -0.05) is 24.3 Å². The molecule has 1 aromatic rings. The summed E-state index contributed by atoms with van der Waals surface area (Å²) in [5.41, 5.74) is 1.48. The highest BCUT2D eigenvalue weighted by Crippen LogP contribution is 2.12. The van der Waals surface area contributed by atoms with E-state index in [0.717, 1.165) is 5.56 Å². The molecule has 1 aromatic carbocycles. The maximum Gasteiger partial charge on any atom is 0.302 e. The molecule has 13 heavy (non-hydrogen) atoms. The molecule has 0 aliphatic rings. The van der Waals surface area contributed by atoms with Crippen LogP contribution in [0, 0.1) is 6.57 Å². The van der Waals surface area contributed by atoms with E-state index in [4.69, 9.17) is 11.3 Å². The van der Waals surface area contributed by atoms with E-state index in [0.29, 0.717) is 5.69 Å². The van der Waals surface area contributed by atoms with Crippen LogP contribution in [0.1, 0.15) is 12.5 Å². The van der Waals surface area contributed by atoms with E-state index in [1.807, 2.05) is 0 Å². The molecule has 0 unspecified atom stereocenters. The molecule has 3 nitrogen and oxygen atoms in total. The second kappa shape index (κ2) is 4.27. The van der Waals surface area contributed by atoms with Crippen molar-refractivity contribution in [3.8, 4) is 0 Å². The minimum atomic E-state index is -0.297. The quantitative estimate of drug-likeness (QED) is 0.510. The Morgan fingerprint density at radius 1 is 1.46 bits per heavy atom. The molecule has 0 bridgehead atoms. The van der Waals surface area contributed by atoms with E-state index in [-0.39, 0.29) is 12.6 Å². The van der Waals surface area contributed by atoms with Crippen LogP contribution in [0.3, 0.4) is 0 Å². The molecule has 0 saturated heterocycles. The van der Waals surface area contributed by atoms with E-state index >= 15 is 0 Å². The van der Waals surface area contributed by atoms with Gasteiger partial charge in [-0.25, -0.2) is 4.85 Å². The van der Waals surface area contributed by atoms with Crippen molar-refractivity contribution in [2.75, 3.05) is 0 Å². The third-order valence-electron chi connectivity index (χ3n) is 1.51. The van der Waals surface area contributed by atoms with Gasteiger partial charge in [-0.3, -0.25) is 4.79 Å². The predicted molar refractivity (Wildman–Crippen MR) is 48.2 cm³/mol. The molecule has 0 radical (unpaired) electrons. The zero-order chi connectivity index (χ0) is 9.68. The number of hydrogen-bond donors (Lipinski definition) is 0. The average molecular weight is 175 g/mol. The monoisotopic (exact) mass is 175 g/mol. The van der Waals surface area contributed by atoms with Crippen LogP contribution in [0.15, 0.2) is 24.3 Å². The Bertz CT molecular complexity index is 335. The molecule has 0 aliphatic heterocycles. The van der Waals surface area contributed by atoms with Gasteiger partial charge in [-0.05, 0) is 5.56 Å². The number of rotatable bonds is 2. The highest BCUT2D eigenvalue weighted by Gasteiger charge is 1.96. The average Bonchev–Trinajstić information content (AvgIpc) is 2.15. The Hall–Kier alpha value is -1.82. The summed E-state index contributed by atoms with van der Waals surface area (Å²) in [4.78, 5) is 13.7. The highest BCUT2D eigenvalue weighted by molar-refractivity contribution is 5.65. The Morgan fingerprint density at radius 3 is 2.54 bits per heavy atom. The minimum absolute atomic E-state index is 0.271. The number of carbonyl (C=O) groups is 1. The van der Waals surface area contributed by atoms with Gasteiger partial charge in [0.05, 0.1) is 6.57 Å². The van der Waals surface area contributed by atoms with Crippen molar-refractivity contribution in [1.29, 1.82) is 0 Å². The zero-order valence-corrected chi connectivity index (χ0v) is 7.28. The largest absolute Gasteiger partial charge is 0.461 e. The molecule has 0 spiro atoms. The molecular weight excluding hydrogens is 166 g/mol. The summed E-state index contributed by atoms with van der Waals surface area (Å²) in [6.07, 6.45) is 0. The highest BCUT2D eigenvalue weighted by atomic mass is 16.5. The molecule has 66 valence electrons. The summed E-state index contributed by atoms with van der Waals surface area (Å²) in [6.45, 7) is 8.36. The molecular formula is C10H9NO2. The van der Waals surface area contributed by atoms with E-state index in [1.165, 1.54) is 6.92 Å². The van der Waals surface area contributed by atoms with Crippen molar-refractivity contribution in [1.82, 2.24) is 0 Å². The number of ether oxygens (including phenoxy) is 1. The number of carbonyl (C=O) groups excluding carboxylic acids is 1. The lowest BCUT2D eigenvalue weighted by atomic mass is 10.2. The van der Waals surface area contributed by atoms with Gasteiger partial charge in [-0.2, -0.15) is 0 Å². The standard InChI is InChI=1S/C10H9NO2/c1-8(12)13-7-9-3-5-10(11-2)6-4-9/h3-6H,7H2,1H3. The second-order valence-corrected chi connectivity index (χ2v) is 2.56. The third kappa shape index (κ3) is 2.96. The van der Waals surface area contributed by atoms with Crippen LogP contribution in [0.2, 0.25) is 0 Å². The smallest absolute Gasteiger partial charge is 0.302 e. The van der Waals surface area contributed by atoms with Crippen LogP contribution in [-0.2, 0) is 16.1 Å². The number of esters is 1. The Balaban J connectivity index is 2.60. The van der Waals surface area contributed by atoms with E-state index in [1.54, 1.807) is 24.3 Å². The lowest BCUT2D eigenvalue weighted by Crippen LogP contribution is -1.98. The van der Waals surface area contributed by atoms with Crippen LogP contribution < -0.4 is 0 Å². The fraction of sp³-hybridized carbons (Fsp3) is 0.200. The SMILES string of the molecule is [C-]#[N+]c1ccc(COC(C)=O)cc1. The number of benzene rings is 1. The number of hydrogen-bond acceptors (Lipinski definition) is 2. The van der Waals surface area contributed by atoms with E-state index in [2.05, 4.69) is 4.85 Å².